The molecule has 0 bridgehead atoms. The van der Waals surface area contributed by atoms with E-state index in [1.807, 2.05) is 6.92 Å². The number of fused-ring (bicyclic) bond motifs is 1. The van der Waals surface area contributed by atoms with Crippen LogP contribution in [0.5, 0.6) is 0 Å². The summed E-state index contributed by atoms with van der Waals surface area (Å²) in [5, 5.41) is 3.06. The second kappa shape index (κ2) is 4.94. The maximum atomic E-state index is 12.1. The lowest BCUT2D eigenvalue weighted by atomic mass is 9.67. The number of aryl methyl sites for hydroxylation is 1. The molecule has 1 aliphatic carbocycles. The summed E-state index contributed by atoms with van der Waals surface area (Å²) in [4.78, 5) is 19.1. The van der Waals surface area contributed by atoms with Crippen molar-refractivity contribution in [1.82, 2.24) is 15.3 Å². The van der Waals surface area contributed by atoms with Gasteiger partial charge in [0, 0.05) is 43.5 Å². The SMILES string of the molecule is COC[C@@H]1[C@H](NC(=O)c2ncc(C)[nH]2)[C@H]2CCO[C@H]21. The lowest BCUT2D eigenvalue weighted by molar-refractivity contribution is -0.0810. The Morgan fingerprint density at radius 1 is 1.68 bits per heavy atom. The standard InChI is InChI=1S/C13H19N3O3/c1-7-5-14-12(15-7)13(17)16-10-8-3-4-19-11(8)9(10)6-18-2/h5,8-11H,3-4,6H2,1-2H3,(H,14,15)(H,16,17)/t8-,9-,10-,11-/m1/s1. The fourth-order valence-corrected chi connectivity index (χ4v) is 3.18. The highest BCUT2D eigenvalue weighted by molar-refractivity contribution is 5.90. The minimum atomic E-state index is -0.149. The molecule has 6 nitrogen and oxygen atoms in total. The molecule has 1 amide bonds. The Kier molecular flexibility index (Phi) is 3.28. The van der Waals surface area contributed by atoms with Crippen molar-refractivity contribution in [2.24, 2.45) is 11.8 Å². The number of nitrogens with zero attached hydrogens (tertiary/aromatic N) is 1. The Morgan fingerprint density at radius 3 is 3.21 bits per heavy atom. The van der Waals surface area contributed by atoms with Crippen LogP contribution in [-0.2, 0) is 9.47 Å². The highest BCUT2D eigenvalue weighted by Crippen LogP contribution is 2.43. The number of amides is 1. The third kappa shape index (κ3) is 2.15. The molecular weight excluding hydrogens is 246 g/mol. The Morgan fingerprint density at radius 2 is 2.53 bits per heavy atom. The predicted octanol–water partition coefficient (Wildman–Crippen LogP) is 0.498. The number of carbonyl (C=O) groups is 1. The molecule has 6 heteroatoms. The average Bonchev–Trinajstić information content (AvgIpc) is 3.00. The van der Waals surface area contributed by atoms with E-state index < -0.39 is 0 Å². The number of aromatic amines is 1. The van der Waals surface area contributed by atoms with Gasteiger partial charge in [0.25, 0.3) is 5.91 Å². The molecule has 1 aliphatic heterocycles. The number of imidazole rings is 1. The predicted molar refractivity (Wildman–Crippen MR) is 67.8 cm³/mol. The second-order valence-corrected chi connectivity index (χ2v) is 5.32. The monoisotopic (exact) mass is 265 g/mol. The lowest BCUT2D eigenvalue weighted by Gasteiger charge is -2.47. The van der Waals surface area contributed by atoms with Crippen molar-refractivity contribution in [1.29, 1.82) is 0 Å². The van der Waals surface area contributed by atoms with Crippen LogP contribution >= 0.6 is 0 Å². The van der Waals surface area contributed by atoms with E-state index in [-0.39, 0.29) is 24.0 Å². The van der Waals surface area contributed by atoms with E-state index in [0.717, 1.165) is 18.7 Å². The van der Waals surface area contributed by atoms with E-state index >= 15 is 0 Å². The number of H-pyrrole nitrogens is 1. The van der Waals surface area contributed by atoms with Crippen LogP contribution in [-0.4, -0.2) is 48.3 Å². The fraction of sp³-hybridized carbons (Fsp3) is 0.692. The Balaban J connectivity index is 1.66. The molecule has 0 unspecified atom stereocenters. The van der Waals surface area contributed by atoms with Gasteiger partial charge in [0.2, 0.25) is 0 Å². The smallest absolute Gasteiger partial charge is 0.287 e. The molecule has 3 rings (SSSR count). The summed E-state index contributed by atoms with van der Waals surface area (Å²) in [7, 11) is 1.68. The molecule has 1 aromatic heterocycles. The minimum absolute atomic E-state index is 0.130. The van der Waals surface area contributed by atoms with Crippen LogP contribution in [0.25, 0.3) is 0 Å². The molecule has 1 aromatic rings. The second-order valence-electron chi connectivity index (χ2n) is 5.32. The first-order valence-corrected chi connectivity index (χ1v) is 6.63. The van der Waals surface area contributed by atoms with E-state index in [4.69, 9.17) is 9.47 Å². The molecular formula is C13H19N3O3. The van der Waals surface area contributed by atoms with Crippen molar-refractivity contribution in [3.8, 4) is 0 Å². The highest BCUT2D eigenvalue weighted by atomic mass is 16.5. The summed E-state index contributed by atoms with van der Waals surface area (Å²) < 4.78 is 10.9. The Hall–Kier alpha value is -1.40. The van der Waals surface area contributed by atoms with Crippen LogP contribution in [0.1, 0.15) is 22.7 Å². The molecule has 104 valence electrons. The summed E-state index contributed by atoms with van der Waals surface area (Å²) in [6, 6.07) is 0.130. The van der Waals surface area contributed by atoms with Crippen molar-refractivity contribution in [2.45, 2.75) is 25.5 Å². The number of nitrogens with one attached hydrogen (secondary N) is 2. The van der Waals surface area contributed by atoms with Gasteiger partial charge in [-0.1, -0.05) is 0 Å². The van der Waals surface area contributed by atoms with Crippen LogP contribution < -0.4 is 5.32 Å². The van der Waals surface area contributed by atoms with Gasteiger partial charge in [-0.25, -0.2) is 4.98 Å². The number of carbonyl (C=O) groups excluding carboxylic acids is 1. The average molecular weight is 265 g/mol. The molecule has 2 N–H and O–H groups in total. The molecule has 0 spiro atoms. The highest BCUT2D eigenvalue weighted by Gasteiger charge is 2.54. The van der Waals surface area contributed by atoms with Gasteiger partial charge in [0.15, 0.2) is 5.82 Å². The number of aromatic nitrogens is 2. The first-order valence-electron chi connectivity index (χ1n) is 6.63. The van der Waals surface area contributed by atoms with Gasteiger partial charge in [0.1, 0.15) is 0 Å². The Labute approximate surface area is 111 Å². The van der Waals surface area contributed by atoms with E-state index in [1.54, 1.807) is 13.3 Å². The molecule has 0 aromatic carbocycles. The van der Waals surface area contributed by atoms with Crippen molar-refractivity contribution in [2.75, 3.05) is 20.3 Å². The van der Waals surface area contributed by atoms with Gasteiger partial charge >= 0.3 is 0 Å². The van der Waals surface area contributed by atoms with Crippen molar-refractivity contribution in [3.05, 3.63) is 17.7 Å². The van der Waals surface area contributed by atoms with E-state index in [2.05, 4.69) is 15.3 Å². The zero-order valence-electron chi connectivity index (χ0n) is 11.2. The molecule has 19 heavy (non-hydrogen) atoms. The number of hydrogen-bond acceptors (Lipinski definition) is 4. The summed E-state index contributed by atoms with van der Waals surface area (Å²) in [5.74, 6) is 0.887. The van der Waals surface area contributed by atoms with Crippen LogP contribution in [0.2, 0.25) is 0 Å². The van der Waals surface area contributed by atoms with Gasteiger partial charge in [-0.2, -0.15) is 0 Å². The van der Waals surface area contributed by atoms with Crippen molar-refractivity contribution >= 4 is 5.91 Å². The number of methoxy groups -OCH3 is 1. The number of hydrogen-bond donors (Lipinski definition) is 2. The van der Waals surface area contributed by atoms with Crippen LogP contribution in [0.15, 0.2) is 6.20 Å². The van der Waals surface area contributed by atoms with E-state index in [9.17, 15) is 4.79 Å². The topological polar surface area (TPSA) is 76.2 Å². The molecule has 4 atom stereocenters. The van der Waals surface area contributed by atoms with Gasteiger partial charge in [-0.15, -0.1) is 0 Å². The maximum absolute atomic E-state index is 12.1. The molecule has 2 heterocycles. The fourth-order valence-electron chi connectivity index (χ4n) is 3.18. The zero-order valence-corrected chi connectivity index (χ0v) is 11.2. The maximum Gasteiger partial charge on any atom is 0.287 e. The summed E-state index contributed by atoms with van der Waals surface area (Å²) in [6.07, 6.45) is 2.90. The molecule has 0 radical (unpaired) electrons. The lowest BCUT2D eigenvalue weighted by Crippen LogP contribution is -2.62. The zero-order chi connectivity index (χ0) is 13.4. The van der Waals surface area contributed by atoms with Gasteiger partial charge in [-0.05, 0) is 13.3 Å². The first kappa shape index (κ1) is 12.6. The van der Waals surface area contributed by atoms with Crippen LogP contribution in [0, 0.1) is 18.8 Å². The van der Waals surface area contributed by atoms with Crippen LogP contribution in [0.4, 0.5) is 0 Å². The van der Waals surface area contributed by atoms with Gasteiger partial charge in [-0.3, -0.25) is 4.79 Å². The number of rotatable bonds is 4. The molecule has 2 fully saturated rings. The Bertz CT molecular complexity index is 473. The molecule has 2 aliphatic rings. The van der Waals surface area contributed by atoms with Gasteiger partial charge in [0.05, 0.1) is 12.7 Å². The van der Waals surface area contributed by atoms with Crippen molar-refractivity contribution < 1.29 is 14.3 Å². The van der Waals surface area contributed by atoms with Crippen LogP contribution in [0.3, 0.4) is 0 Å². The summed E-state index contributed by atoms with van der Waals surface area (Å²) in [6.45, 7) is 3.27. The largest absolute Gasteiger partial charge is 0.384 e. The minimum Gasteiger partial charge on any atom is -0.384 e. The van der Waals surface area contributed by atoms with Crippen molar-refractivity contribution in [3.63, 3.8) is 0 Å². The summed E-state index contributed by atoms with van der Waals surface area (Å²) in [5.41, 5.74) is 0.884. The quantitative estimate of drug-likeness (QED) is 0.831. The molecule has 1 saturated heterocycles. The summed E-state index contributed by atoms with van der Waals surface area (Å²) >= 11 is 0. The van der Waals surface area contributed by atoms with E-state index in [1.165, 1.54) is 0 Å². The third-order valence-corrected chi connectivity index (χ3v) is 4.10. The third-order valence-electron chi connectivity index (χ3n) is 4.10. The van der Waals surface area contributed by atoms with E-state index in [0.29, 0.717) is 18.3 Å². The number of ether oxygens (including phenoxy) is 2. The first-order chi connectivity index (χ1) is 9.20. The normalized spacial score (nSPS) is 32.7. The molecule has 1 saturated carbocycles. The van der Waals surface area contributed by atoms with Gasteiger partial charge < -0.3 is 19.8 Å².